The second-order valence-electron chi connectivity index (χ2n) is 3.05. The van der Waals surface area contributed by atoms with Gasteiger partial charge in [-0.25, -0.2) is 0 Å². The van der Waals surface area contributed by atoms with Gasteiger partial charge in [-0.3, -0.25) is 9.78 Å². The monoisotopic (exact) mass is 256 g/mol. The lowest BCUT2D eigenvalue weighted by molar-refractivity contribution is -0.127. The molecular formula is C13H24N2OS. The van der Waals surface area contributed by atoms with Gasteiger partial charge in [0.05, 0.1) is 0 Å². The summed E-state index contributed by atoms with van der Waals surface area (Å²) in [5.74, 6) is 0.106. The molecule has 0 N–H and O–H groups in total. The number of amides is 1. The summed E-state index contributed by atoms with van der Waals surface area (Å²) in [4.78, 5) is 16.5. The molecule has 1 aromatic heterocycles. The number of carbonyl (C=O) groups is 1. The largest absolute Gasteiger partial charge is 0.346 e. The van der Waals surface area contributed by atoms with Crippen LogP contribution in [0.3, 0.4) is 0 Å². The van der Waals surface area contributed by atoms with E-state index in [0.29, 0.717) is 0 Å². The fourth-order valence-electron chi connectivity index (χ4n) is 1.00. The molecule has 0 radical (unpaired) electrons. The molecule has 98 valence electrons. The number of hydrogen-bond donors (Lipinski definition) is 1. The first kappa shape index (κ1) is 18.3. The van der Waals surface area contributed by atoms with Crippen molar-refractivity contribution in [1.29, 1.82) is 0 Å². The van der Waals surface area contributed by atoms with E-state index in [1.54, 1.807) is 30.5 Å². The number of hydrogen-bond acceptors (Lipinski definition) is 3. The lowest BCUT2D eigenvalue weighted by Crippen LogP contribution is -2.26. The van der Waals surface area contributed by atoms with E-state index < -0.39 is 0 Å². The molecule has 0 unspecified atom stereocenters. The van der Waals surface area contributed by atoms with Crippen LogP contribution in [0.25, 0.3) is 0 Å². The highest BCUT2D eigenvalue weighted by Crippen LogP contribution is 1.98. The Labute approximate surface area is 111 Å². The zero-order chi connectivity index (χ0) is 13.7. The van der Waals surface area contributed by atoms with Crippen LogP contribution in [0.2, 0.25) is 0 Å². The molecule has 0 aliphatic heterocycles. The Morgan fingerprint density at radius 3 is 2.18 bits per heavy atom. The number of aromatic nitrogens is 1. The zero-order valence-corrected chi connectivity index (χ0v) is 12.4. The molecular weight excluding hydrogens is 232 g/mol. The van der Waals surface area contributed by atoms with E-state index in [9.17, 15) is 4.79 Å². The highest BCUT2D eigenvalue weighted by molar-refractivity contribution is 7.79. The summed E-state index contributed by atoms with van der Waals surface area (Å²) in [6, 6.07) is 3.93. The SMILES string of the molecule is CC.CC(=O)N(C)CCc1ccncc1.CS. The van der Waals surface area contributed by atoms with Crippen molar-refractivity contribution in [3.8, 4) is 0 Å². The van der Waals surface area contributed by atoms with E-state index in [1.165, 1.54) is 5.56 Å². The molecule has 0 saturated heterocycles. The second kappa shape index (κ2) is 13.0. The van der Waals surface area contributed by atoms with E-state index in [-0.39, 0.29) is 5.91 Å². The van der Waals surface area contributed by atoms with Crippen LogP contribution in [0.4, 0.5) is 0 Å². The Morgan fingerprint density at radius 1 is 1.29 bits per heavy atom. The van der Waals surface area contributed by atoms with Gasteiger partial charge in [0.15, 0.2) is 0 Å². The van der Waals surface area contributed by atoms with Gasteiger partial charge in [-0.1, -0.05) is 13.8 Å². The first-order valence-corrected chi connectivity index (χ1v) is 6.65. The smallest absolute Gasteiger partial charge is 0.219 e. The predicted molar refractivity (Wildman–Crippen MR) is 77.5 cm³/mol. The highest BCUT2D eigenvalue weighted by Gasteiger charge is 2.01. The van der Waals surface area contributed by atoms with Gasteiger partial charge < -0.3 is 4.90 Å². The minimum Gasteiger partial charge on any atom is -0.346 e. The van der Waals surface area contributed by atoms with Gasteiger partial charge >= 0.3 is 0 Å². The number of nitrogens with zero attached hydrogens (tertiary/aromatic N) is 2. The predicted octanol–water partition coefficient (Wildman–Crippen LogP) is 2.67. The lowest BCUT2D eigenvalue weighted by atomic mass is 10.2. The summed E-state index contributed by atoms with van der Waals surface area (Å²) in [5.41, 5.74) is 1.21. The third-order valence-electron chi connectivity index (χ3n) is 2.02. The third-order valence-corrected chi connectivity index (χ3v) is 2.02. The Balaban J connectivity index is 0. The van der Waals surface area contributed by atoms with Gasteiger partial charge in [0.1, 0.15) is 0 Å². The van der Waals surface area contributed by atoms with Crippen LogP contribution in [0.1, 0.15) is 26.3 Å². The Morgan fingerprint density at radius 2 is 1.76 bits per heavy atom. The first-order valence-electron chi connectivity index (χ1n) is 5.75. The minimum absolute atomic E-state index is 0.106. The molecule has 1 aromatic rings. The Kier molecular flexibility index (Phi) is 14.1. The summed E-state index contributed by atoms with van der Waals surface area (Å²) in [6.07, 6.45) is 6.12. The van der Waals surface area contributed by atoms with Crippen molar-refractivity contribution >= 4 is 18.5 Å². The molecule has 0 spiro atoms. The van der Waals surface area contributed by atoms with Crippen LogP contribution in [0, 0.1) is 0 Å². The van der Waals surface area contributed by atoms with Crippen molar-refractivity contribution in [2.24, 2.45) is 0 Å². The van der Waals surface area contributed by atoms with Crippen molar-refractivity contribution in [3.05, 3.63) is 30.1 Å². The van der Waals surface area contributed by atoms with Crippen LogP contribution >= 0.6 is 12.6 Å². The van der Waals surface area contributed by atoms with Crippen molar-refractivity contribution < 1.29 is 4.79 Å². The van der Waals surface area contributed by atoms with E-state index in [1.807, 2.05) is 33.0 Å². The van der Waals surface area contributed by atoms with Crippen molar-refractivity contribution in [3.63, 3.8) is 0 Å². The fourth-order valence-corrected chi connectivity index (χ4v) is 1.00. The molecule has 0 saturated carbocycles. The molecule has 0 bridgehead atoms. The van der Waals surface area contributed by atoms with E-state index in [0.717, 1.165) is 13.0 Å². The van der Waals surface area contributed by atoms with E-state index in [4.69, 9.17) is 0 Å². The maximum absolute atomic E-state index is 10.9. The summed E-state index contributed by atoms with van der Waals surface area (Å²) < 4.78 is 0. The number of pyridine rings is 1. The standard InChI is InChI=1S/C10H14N2O.C2H6.CH4S/c1-9(13)12(2)8-5-10-3-6-11-7-4-10;2*1-2/h3-4,6-7H,5,8H2,1-2H3;1-2H3;2H,1H3. The maximum Gasteiger partial charge on any atom is 0.219 e. The molecule has 0 fully saturated rings. The first-order chi connectivity index (χ1) is 8.20. The normalized spacial score (nSPS) is 8.12. The van der Waals surface area contributed by atoms with Gasteiger partial charge in [0.2, 0.25) is 5.91 Å². The van der Waals surface area contributed by atoms with Crippen molar-refractivity contribution in [1.82, 2.24) is 9.88 Å². The van der Waals surface area contributed by atoms with Gasteiger partial charge in [0, 0.05) is 32.9 Å². The number of rotatable bonds is 3. The molecule has 1 heterocycles. The number of likely N-dealkylation sites (N-methyl/N-ethyl adjacent to an activating group) is 1. The van der Waals surface area contributed by atoms with Crippen LogP contribution < -0.4 is 0 Å². The van der Waals surface area contributed by atoms with Crippen LogP contribution in [-0.2, 0) is 11.2 Å². The minimum atomic E-state index is 0.106. The molecule has 1 rings (SSSR count). The molecule has 0 atom stereocenters. The van der Waals surface area contributed by atoms with Crippen LogP contribution in [0.15, 0.2) is 24.5 Å². The molecule has 1 amide bonds. The van der Waals surface area contributed by atoms with Gasteiger partial charge in [-0.2, -0.15) is 12.6 Å². The number of thiol groups is 1. The molecule has 4 heteroatoms. The average Bonchev–Trinajstić information content (AvgIpc) is 2.41. The molecule has 0 aromatic carbocycles. The van der Waals surface area contributed by atoms with Gasteiger partial charge in [0.25, 0.3) is 0 Å². The summed E-state index contributed by atoms with van der Waals surface area (Å²) in [5, 5.41) is 0. The Hall–Kier alpha value is -1.03. The number of carbonyl (C=O) groups excluding carboxylic acids is 1. The van der Waals surface area contributed by atoms with Crippen LogP contribution in [-0.4, -0.2) is 35.6 Å². The van der Waals surface area contributed by atoms with Gasteiger partial charge in [-0.05, 0) is 30.4 Å². The van der Waals surface area contributed by atoms with E-state index in [2.05, 4.69) is 17.6 Å². The quantitative estimate of drug-likeness (QED) is 0.844. The third kappa shape index (κ3) is 9.87. The van der Waals surface area contributed by atoms with Crippen molar-refractivity contribution in [2.45, 2.75) is 27.2 Å². The summed E-state index contributed by atoms with van der Waals surface area (Å²) >= 11 is 3.53. The topological polar surface area (TPSA) is 33.2 Å². The molecule has 0 aliphatic carbocycles. The molecule has 3 nitrogen and oxygen atoms in total. The maximum atomic E-state index is 10.9. The second-order valence-corrected chi connectivity index (χ2v) is 3.05. The Bertz CT molecular complexity index is 278. The molecule has 0 aliphatic rings. The van der Waals surface area contributed by atoms with Gasteiger partial charge in [-0.15, -0.1) is 0 Å². The van der Waals surface area contributed by atoms with Crippen LogP contribution in [0.5, 0.6) is 0 Å². The van der Waals surface area contributed by atoms with Crippen molar-refractivity contribution in [2.75, 3.05) is 19.8 Å². The zero-order valence-electron chi connectivity index (χ0n) is 11.5. The van der Waals surface area contributed by atoms with E-state index >= 15 is 0 Å². The fraction of sp³-hybridized carbons (Fsp3) is 0.538. The molecule has 17 heavy (non-hydrogen) atoms. The summed E-state index contributed by atoms with van der Waals surface area (Å²) in [6.45, 7) is 6.34. The average molecular weight is 256 g/mol. The summed E-state index contributed by atoms with van der Waals surface area (Å²) in [7, 11) is 1.81. The highest BCUT2D eigenvalue weighted by atomic mass is 32.1. The lowest BCUT2D eigenvalue weighted by Gasteiger charge is -2.13.